The fourth-order valence-electron chi connectivity index (χ4n) is 3.02. The number of ether oxygens (including phenoxy) is 2. The first-order chi connectivity index (χ1) is 9.26. The lowest BCUT2D eigenvalue weighted by atomic mass is 9.87. The minimum atomic E-state index is 0.0685. The standard InChI is InChI=1S/C16H25NO2/c1-18-13-9-10-14(15(11-13)19-2)16(17)12-7-5-3-4-6-8-12/h9-12,16H,3-8,17H2,1-2H3. The van der Waals surface area contributed by atoms with Crippen LogP contribution in [0.3, 0.4) is 0 Å². The quantitative estimate of drug-likeness (QED) is 0.843. The number of benzene rings is 1. The van der Waals surface area contributed by atoms with E-state index in [1.165, 1.54) is 38.5 Å². The van der Waals surface area contributed by atoms with E-state index in [4.69, 9.17) is 15.2 Å². The third kappa shape index (κ3) is 3.41. The van der Waals surface area contributed by atoms with Crippen LogP contribution in [0.1, 0.15) is 50.1 Å². The molecule has 0 heterocycles. The van der Waals surface area contributed by atoms with Crippen LogP contribution < -0.4 is 15.2 Å². The van der Waals surface area contributed by atoms with Crippen molar-refractivity contribution in [2.75, 3.05) is 14.2 Å². The third-order valence-electron chi connectivity index (χ3n) is 4.21. The Morgan fingerprint density at radius 1 is 1.05 bits per heavy atom. The van der Waals surface area contributed by atoms with Gasteiger partial charge in [0.1, 0.15) is 11.5 Å². The summed E-state index contributed by atoms with van der Waals surface area (Å²) in [4.78, 5) is 0. The Bertz CT molecular complexity index is 398. The van der Waals surface area contributed by atoms with Gasteiger partial charge in [0.2, 0.25) is 0 Å². The maximum atomic E-state index is 6.49. The molecule has 0 spiro atoms. The molecule has 0 saturated heterocycles. The van der Waals surface area contributed by atoms with Crippen LogP contribution in [0.2, 0.25) is 0 Å². The van der Waals surface area contributed by atoms with Gasteiger partial charge in [0.15, 0.2) is 0 Å². The van der Waals surface area contributed by atoms with Crippen molar-refractivity contribution in [3.63, 3.8) is 0 Å². The van der Waals surface area contributed by atoms with E-state index in [0.717, 1.165) is 17.1 Å². The molecule has 1 saturated carbocycles. The Morgan fingerprint density at radius 3 is 2.32 bits per heavy atom. The first kappa shape index (κ1) is 14.2. The van der Waals surface area contributed by atoms with Crippen LogP contribution in [0.4, 0.5) is 0 Å². The van der Waals surface area contributed by atoms with Crippen LogP contribution >= 0.6 is 0 Å². The fraction of sp³-hybridized carbons (Fsp3) is 0.625. The first-order valence-electron chi connectivity index (χ1n) is 7.23. The zero-order valence-corrected chi connectivity index (χ0v) is 12.0. The lowest BCUT2D eigenvalue weighted by Gasteiger charge is -2.24. The lowest BCUT2D eigenvalue weighted by molar-refractivity contribution is 0.354. The summed E-state index contributed by atoms with van der Waals surface area (Å²) in [6, 6.07) is 6.01. The number of nitrogens with two attached hydrogens (primary N) is 1. The molecule has 1 aliphatic rings. The molecular formula is C16H25NO2. The van der Waals surface area contributed by atoms with Crippen LogP contribution in [0, 0.1) is 5.92 Å². The van der Waals surface area contributed by atoms with Gasteiger partial charge in [-0.05, 0) is 24.8 Å². The fourth-order valence-corrected chi connectivity index (χ4v) is 3.02. The smallest absolute Gasteiger partial charge is 0.127 e. The van der Waals surface area contributed by atoms with Crippen molar-refractivity contribution in [2.45, 2.75) is 44.6 Å². The van der Waals surface area contributed by atoms with Gasteiger partial charge in [-0.2, -0.15) is 0 Å². The summed E-state index contributed by atoms with van der Waals surface area (Å²) in [5.74, 6) is 2.23. The van der Waals surface area contributed by atoms with E-state index < -0.39 is 0 Å². The summed E-state index contributed by atoms with van der Waals surface area (Å²) in [6.45, 7) is 0. The van der Waals surface area contributed by atoms with Crippen molar-refractivity contribution in [2.24, 2.45) is 11.7 Å². The minimum absolute atomic E-state index is 0.0685. The molecular weight excluding hydrogens is 238 g/mol. The van der Waals surface area contributed by atoms with E-state index in [-0.39, 0.29) is 6.04 Å². The van der Waals surface area contributed by atoms with Crippen LogP contribution in [-0.4, -0.2) is 14.2 Å². The molecule has 0 aromatic heterocycles. The van der Waals surface area contributed by atoms with Gasteiger partial charge in [0.25, 0.3) is 0 Å². The van der Waals surface area contributed by atoms with Gasteiger partial charge >= 0.3 is 0 Å². The maximum Gasteiger partial charge on any atom is 0.127 e. The number of methoxy groups -OCH3 is 2. The Morgan fingerprint density at radius 2 is 1.74 bits per heavy atom. The van der Waals surface area contributed by atoms with E-state index in [1.54, 1.807) is 14.2 Å². The lowest BCUT2D eigenvalue weighted by Crippen LogP contribution is -2.21. The second-order valence-corrected chi connectivity index (χ2v) is 5.39. The van der Waals surface area contributed by atoms with Crippen molar-refractivity contribution in [1.82, 2.24) is 0 Å². The Labute approximate surface area is 116 Å². The summed E-state index contributed by atoms with van der Waals surface area (Å²) in [5.41, 5.74) is 7.59. The molecule has 1 aromatic rings. The van der Waals surface area contributed by atoms with Gasteiger partial charge in [0.05, 0.1) is 14.2 Å². The van der Waals surface area contributed by atoms with E-state index in [1.807, 2.05) is 18.2 Å². The molecule has 2 rings (SSSR count). The zero-order chi connectivity index (χ0) is 13.7. The Kier molecular flexibility index (Phi) is 5.08. The number of rotatable bonds is 4. The van der Waals surface area contributed by atoms with Gasteiger partial charge in [0, 0.05) is 17.7 Å². The van der Waals surface area contributed by atoms with Crippen molar-refractivity contribution < 1.29 is 9.47 Å². The molecule has 0 aliphatic heterocycles. The highest BCUT2D eigenvalue weighted by Crippen LogP contribution is 2.37. The van der Waals surface area contributed by atoms with Gasteiger partial charge in [-0.1, -0.05) is 31.7 Å². The maximum absolute atomic E-state index is 6.49. The molecule has 1 aromatic carbocycles. The van der Waals surface area contributed by atoms with E-state index in [9.17, 15) is 0 Å². The monoisotopic (exact) mass is 263 g/mol. The molecule has 2 N–H and O–H groups in total. The second kappa shape index (κ2) is 6.80. The molecule has 0 radical (unpaired) electrons. The van der Waals surface area contributed by atoms with E-state index in [2.05, 4.69) is 0 Å². The highest BCUT2D eigenvalue weighted by atomic mass is 16.5. The minimum Gasteiger partial charge on any atom is -0.497 e. The molecule has 3 nitrogen and oxygen atoms in total. The highest BCUT2D eigenvalue weighted by Gasteiger charge is 2.23. The SMILES string of the molecule is COc1ccc(C(N)C2CCCCCC2)c(OC)c1. The molecule has 1 aliphatic carbocycles. The zero-order valence-electron chi connectivity index (χ0n) is 12.0. The average Bonchev–Trinajstić information content (AvgIpc) is 2.74. The topological polar surface area (TPSA) is 44.5 Å². The molecule has 1 atom stereocenters. The molecule has 0 bridgehead atoms. The Hall–Kier alpha value is -1.22. The normalized spacial score (nSPS) is 18.7. The first-order valence-corrected chi connectivity index (χ1v) is 7.23. The predicted molar refractivity (Wildman–Crippen MR) is 77.7 cm³/mol. The van der Waals surface area contributed by atoms with Crippen LogP contribution in [0.15, 0.2) is 18.2 Å². The summed E-state index contributed by atoms with van der Waals surface area (Å²) in [6.07, 6.45) is 7.77. The van der Waals surface area contributed by atoms with Crippen LogP contribution in [0.25, 0.3) is 0 Å². The van der Waals surface area contributed by atoms with Gasteiger partial charge in [-0.25, -0.2) is 0 Å². The van der Waals surface area contributed by atoms with E-state index in [0.29, 0.717) is 5.92 Å². The molecule has 1 unspecified atom stereocenters. The largest absolute Gasteiger partial charge is 0.497 e. The van der Waals surface area contributed by atoms with Crippen molar-refractivity contribution in [1.29, 1.82) is 0 Å². The van der Waals surface area contributed by atoms with Crippen molar-refractivity contribution in [3.8, 4) is 11.5 Å². The summed E-state index contributed by atoms with van der Waals surface area (Å²) in [5, 5.41) is 0. The summed E-state index contributed by atoms with van der Waals surface area (Å²) < 4.78 is 10.7. The number of hydrogen-bond donors (Lipinski definition) is 1. The predicted octanol–water partition coefficient (Wildman–Crippen LogP) is 3.67. The molecule has 106 valence electrons. The van der Waals surface area contributed by atoms with Crippen LogP contribution in [0.5, 0.6) is 11.5 Å². The second-order valence-electron chi connectivity index (χ2n) is 5.39. The summed E-state index contributed by atoms with van der Waals surface area (Å²) >= 11 is 0. The molecule has 3 heteroatoms. The molecule has 1 fully saturated rings. The van der Waals surface area contributed by atoms with Gasteiger partial charge < -0.3 is 15.2 Å². The molecule has 0 amide bonds. The van der Waals surface area contributed by atoms with Crippen molar-refractivity contribution >= 4 is 0 Å². The highest BCUT2D eigenvalue weighted by molar-refractivity contribution is 5.42. The van der Waals surface area contributed by atoms with Crippen LogP contribution in [-0.2, 0) is 0 Å². The third-order valence-corrected chi connectivity index (χ3v) is 4.21. The number of hydrogen-bond acceptors (Lipinski definition) is 3. The van der Waals surface area contributed by atoms with Gasteiger partial charge in [-0.15, -0.1) is 0 Å². The van der Waals surface area contributed by atoms with E-state index >= 15 is 0 Å². The molecule has 19 heavy (non-hydrogen) atoms. The average molecular weight is 263 g/mol. The summed E-state index contributed by atoms with van der Waals surface area (Å²) in [7, 11) is 3.36. The van der Waals surface area contributed by atoms with Crippen molar-refractivity contribution in [3.05, 3.63) is 23.8 Å². The van der Waals surface area contributed by atoms with Gasteiger partial charge in [-0.3, -0.25) is 0 Å². The Balaban J connectivity index is 2.19.